The van der Waals surface area contributed by atoms with E-state index in [0.29, 0.717) is 18.6 Å². The standard InChI is InChI=1S/C21H20F3N3O5S/c22-21(23,24)14-3-5-15(6-4-14)25-20(29)13-2-1-9-27(11-13)33(30,31)16-7-8-18-17(10-16)26-19(28)12-32-18/h3-8,10,13H,1-2,9,11-12H2,(H,25,29)(H,26,28)/t13-/m0/s1. The number of carbonyl (C=O) groups excluding carboxylic acids is 2. The summed E-state index contributed by atoms with van der Waals surface area (Å²) in [4.78, 5) is 24.1. The van der Waals surface area contributed by atoms with Crippen molar-refractivity contribution in [3.63, 3.8) is 0 Å². The summed E-state index contributed by atoms with van der Waals surface area (Å²) in [6, 6.07) is 8.19. The molecular weight excluding hydrogens is 463 g/mol. The number of ether oxygens (including phenoxy) is 1. The van der Waals surface area contributed by atoms with Gasteiger partial charge in [-0.05, 0) is 55.3 Å². The van der Waals surface area contributed by atoms with Crippen LogP contribution in [0.15, 0.2) is 47.4 Å². The van der Waals surface area contributed by atoms with E-state index in [0.717, 1.165) is 24.3 Å². The van der Waals surface area contributed by atoms with Crippen LogP contribution in [-0.2, 0) is 25.8 Å². The van der Waals surface area contributed by atoms with E-state index in [1.54, 1.807) is 0 Å². The Balaban J connectivity index is 1.46. The second-order valence-electron chi connectivity index (χ2n) is 7.76. The van der Waals surface area contributed by atoms with Gasteiger partial charge in [-0.3, -0.25) is 9.59 Å². The van der Waals surface area contributed by atoms with Crippen molar-refractivity contribution in [1.29, 1.82) is 0 Å². The lowest BCUT2D eigenvalue weighted by molar-refractivity contribution is -0.137. The molecule has 2 aromatic rings. The summed E-state index contributed by atoms with van der Waals surface area (Å²) >= 11 is 0. The summed E-state index contributed by atoms with van der Waals surface area (Å²) in [7, 11) is -3.95. The largest absolute Gasteiger partial charge is 0.482 e. The minimum Gasteiger partial charge on any atom is -0.482 e. The van der Waals surface area contributed by atoms with Crippen molar-refractivity contribution in [3.05, 3.63) is 48.0 Å². The number of benzene rings is 2. The van der Waals surface area contributed by atoms with Gasteiger partial charge < -0.3 is 15.4 Å². The maximum absolute atomic E-state index is 13.1. The van der Waals surface area contributed by atoms with Gasteiger partial charge in [-0.15, -0.1) is 0 Å². The van der Waals surface area contributed by atoms with Crippen LogP contribution in [0.3, 0.4) is 0 Å². The number of alkyl halides is 3. The number of piperidine rings is 1. The molecule has 176 valence electrons. The lowest BCUT2D eigenvalue weighted by Gasteiger charge is -2.31. The van der Waals surface area contributed by atoms with E-state index in [1.165, 1.54) is 22.5 Å². The maximum atomic E-state index is 13.1. The summed E-state index contributed by atoms with van der Waals surface area (Å²) in [6.07, 6.45) is -3.60. The van der Waals surface area contributed by atoms with Crippen LogP contribution in [0.5, 0.6) is 5.75 Å². The molecule has 2 amide bonds. The zero-order chi connectivity index (χ0) is 23.8. The molecule has 0 bridgehead atoms. The third kappa shape index (κ3) is 4.96. The Bertz CT molecular complexity index is 1180. The Hall–Kier alpha value is -3.12. The van der Waals surface area contributed by atoms with Crippen LogP contribution in [0.1, 0.15) is 18.4 Å². The number of carbonyl (C=O) groups is 2. The van der Waals surface area contributed by atoms with E-state index >= 15 is 0 Å². The average molecular weight is 483 g/mol. The van der Waals surface area contributed by atoms with Crippen molar-refractivity contribution in [3.8, 4) is 5.75 Å². The van der Waals surface area contributed by atoms with Crippen molar-refractivity contribution in [2.75, 3.05) is 30.3 Å². The Morgan fingerprint density at radius 2 is 1.88 bits per heavy atom. The molecule has 0 saturated carbocycles. The third-order valence-electron chi connectivity index (χ3n) is 5.46. The maximum Gasteiger partial charge on any atom is 0.416 e. The number of nitrogens with zero attached hydrogens (tertiary/aromatic N) is 1. The summed E-state index contributed by atoms with van der Waals surface area (Å²) in [5.74, 6) is -1.17. The second-order valence-corrected chi connectivity index (χ2v) is 9.70. The van der Waals surface area contributed by atoms with Crippen molar-refractivity contribution in [1.82, 2.24) is 4.31 Å². The first-order valence-electron chi connectivity index (χ1n) is 10.1. The highest BCUT2D eigenvalue weighted by atomic mass is 32.2. The lowest BCUT2D eigenvalue weighted by Crippen LogP contribution is -2.43. The first kappa shape index (κ1) is 23.1. The topological polar surface area (TPSA) is 105 Å². The van der Waals surface area contributed by atoms with E-state index in [4.69, 9.17) is 4.74 Å². The van der Waals surface area contributed by atoms with E-state index in [2.05, 4.69) is 10.6 Å². The van der Waals surface area contributed by atoms with Gasteiger partial charge in [0.05, 0.1) is 22.1 Å². The fourth-order valence-electron chi connectivity index (χ4n) is 3.73. The van der Waals surface area contributed by atoms with Crippen LogP contribution in [0.25, 0.3) is 0 Å². The molecule has 2 aliphatic rings. The number of anilines is 2. The van der Waals surface area contributed by atoms with Gasteiger partial charge >= 0.3 is 6.18 Å². The molecule has 2 heterocycles. The molecule has 12 heteroatoms. The molecule has 1 atom stereocenters. The summed E-state index contributed by atoms with van der Waals surface area (Å²) in [5, 5.41) is 5.12. The molecule has 0 spiro atoms. The van der Waals surface area contributed by atoms with Gasteiger partial charge in [0.25, 0.3) is 5.91 Å². The number of hydrogen-bond donors (Lipinski definition) is 2. The molecule has 33 heavy (non-hydrogen) atoms. The van der Waals surface area contributed by atoms with Crippen LogP contribution < -0.4 is 15.4 Å². The zero-order valence-electron chi connectivity index (χ0n) is 17.2. The molecule has 1 fully saturated rings. The smallest absolute Gasteiger partial charge is 0.416 e. The number of nitrogens with one attached hydrogen (secondary N) is 2. The molecule has 2 N–H and O–H groups in total. The summed E-state index contributed by atoms with van der Waals surface area (Å²) < 4.78 is 70.8. The SMILES string of the molecule is O=C1COc2ccc(S(=O)(=O)N3CCC[C@H](C(=O)Nc4ccc(C(F)(F)F)cc4)C3)cc2N1. The van der Waals surface area contributed by atoms with Gasteiger partial charge in [-0.25, -0.2) is 8.42 Å². The van der Waals surface area contributed by atoms with Gasteiger partial charge in [0.2, 0.25) is 15.9 Å². The second kappa shape index (κ2) is 8.67. The molecule has 0 aliphatic carbocycles. The Morgan fingerprint density at radius 1 is 1.15 bits per heavy atom. The van der Waals surface area contributed by atoms with E-state index < -0.39 is 39.5 Å². The van der Waals surface area contributed by atoms with Crippen LogP contribution in [0.2, 0.25) is 0 Å². The van der Waals surface area contributed by atoms with Gasteiger partial charge in [0, 0.05) is 18.8 Å². The van der Waals surface area contributed by atoms with Crippen molar-refractivity contribution < 1.29 is 35.9 Å². The molecule has 8 nitrogen and oxygen atoms in total. The van der Waals surface area contributed by atoms with Crippen molar-refractivity contribution >= 4 is 33.2 Å². The van der Waals surface area contributed by atoms with E-state index in [1.807, 2.05) is 0 Å². The summed E-state index contributed by atoms with van der Waals surface area (Å²) in [6.45, 7) is -0.0119. The highest BCUT2D eigenvalue weighted by Crippen LogP contribution is 2.33. The first-order chi connectivity index (χ1) is 15.5. The minimum atomic E-state index is -4.48. The highest BCUT2D eigenvalue weighted by Gasteiger charge is 2.34. The predicted molar refractivity (Wildman–Crippen MR) is 112 cm³/mol. The predicted octanol–water partition coefficient (Wildman–Crippen LogP) is 3.08. The molecule has 0 unspecified atom stereocenters. The molecule has 0 aromatic heterocycles. The Morgan fingerprint density at radius 3 is 2.58 bits per heavy atom. The van der Waals surface area contributed by atoms with Crippen LogP contribution in [-0.4, -0.2) is 44.2 Å². The number of amides is 2. The molecular formula is C21H20F3N3O5S. The quantitative estimate of drug-likeness (QED) is 0.696. The third-order valence-corrected chi connectivity index (χ3v) is 7.32. The lowest BCUT2D eigenvalue weighted by atomic mass is 9.98. The van der Waals surface area contributed by atoms with Crippen LogP contribution in [0, 0.1) is 5.92 Å². The van der Waals surface area contributed by atoms with Crippen LogP contribution in [0.4, 0.5) is 24.5 Å². The zero-order valence-corrected chi connectivity index (χ0v) is 18.0. The van der Waals surface area contributed by atoms with E-state index in [9.17, 15) is 31.2 Å². The number of halogens is 3. The van der Waals surface area contributed by atoms with E-state index in [-0.39, 0.29) is 36.0 Å². The van der Waals surface area contributed by atoms with Crippen molar-refractivity contribution in [2.45, 2.75) is 23.9 Å². The van der Waals surface area contributed by atoms with Crippen LogP contribution >= 0.6 is 0 Å². The fraction of sp³-hybridized carbons (Fsp3) is 0.333. The fourth-order valence-corrected chi connectivity index (χ4v) is 5.28. The molecule has 0 radical (unpaired) electrons. The first-order valence-corrected chi connectivity index (χ1v) is 11.5. The van der Waals surface area contributed by atoms with Gasteiger partial charge in [0.1, 0.15) is 5.75 Å². The number of sulfonamides is 1. The summed E-state index contributed by atoms with van der Waals surface area (Å²) in [5.41, 5.74) is -0.388. The molecule has 1 saturated heterocycles. The molecule has 2 aromatic carbocycles. The van der Waals surface area contributed by atoms with Gasteiger partial charge in [-0.1, -0.05) is 0 Å². The number of fused-ring (bicyclic) bond motifs is 1. The molecule has 4 rings (SSSR count). The Labute approximate surface area is 187 Å². The van der Waals surface area contributed by atoms with Crippen molar-refractivity contribution in [2.24, 2.45) is 5.92 Å². The molecule has 2 aliphatic heterocycles. The number of hydrogen-bond acceptors (Lipinski definition) is 5. The monoisotopic (exact) mass is 483 g/mol. The highest BCUT2D eigenvalue weighted by molar-refractivity contribution is 7.89. The van der Waals surface area contributed by atoms with Gasteiger partial charge in [-0.2, -0.15) is 17.5 Å². The normalized spacial score (nSPS) is 19.2. The Kier molecular flexibility index (Phi) is 6.06. The average Bonchev–Trinajstić information content (AvgIpc) is 2.78. The minimum absolute atomic E-state index is 0.0455. The van der Waals surface area contributed by atoms with Gasteiger partial charge in [0.15, 0.2) is 6.61 Å². The number of rotatable bonds is 4.